The smallest absolute Gasteiger partial charge is 0.259 e. The Bertz CT molecular complexity index is 982. The van der Waals surface area contributed by atoms with E-state index in [1.165, 1.54) is 0 Å². The minimum atomic E-state index is -1.05. The van der Waals surface area contributed by atoms with E-state index in [-0.39, 0.29) is 13.2 Å². The standard InChI is InChI=1S/C21H25N5O3/c1-2-15-7-6-14(10-23-15)20-24-19(25-29-20)17-4-3-5-18-16(17)8-9-26(18)11-21(22,12-27)13-28/h3-7,10,27-28H,2,8-9,11-13,22H2,1H3. The fourth-order valence-corrected chi connectivity index (χ4v) is 3.61. The second kappa shape index (κ2) is 7.90. The summed E-state index contributed by atoms with van der Waals surface area (Å²) in [5, 5.41) is 23.2. The molecule has 152 valence electrons. The third-order valence-corrected chi connectivity index (χ3v) is 5.36. The van der Waals surface area contributed by atoms with Crippen molar-refractivity contribution < 1.29 is 14.7 Å². The number of hydrogen-bond donors (Lipinski definition) is 3. The van der Waals surface area contributed by atoms with Crippen LogP contribution in [0.3, 0.4) is 0 Å². The lowest BCUT2D eigenvalue weighted by Gasteiger charge is -2.31. The molecular formula is C21H25N5O3. The lowest BCUT2D eigenvalue weighted by molar-refractivity contribution is 0.125. The number of pyridine rings is 1. The van der Waals surface area contributed by atoms with Crippen molar-refractivity contribution in [3.05, 3.63) is 47.8 Å². The fraction of sp³-hybridized carbons (Fsp3) is 0.381. The summed E-state index contributed by atoms with van der Waals surface area (Å²) in [6.45, 7) is 2.60. The van der Waals surface area contributed by atoms with E-state index in [0.717, 1.165) is 47.5 Å². The number of aliphatic hydroxyl groups excluding tert-OH is 2. The third-order valence-electron chi connectivity index (χ3n) is 5.36. The molecule has 1 aromatic carbocycles. The molecule has 0 unspecified atom stereocenters. The number of aromatic nitrogens is 3. The number of aryl methyl sites for hydroxylation is 1. The predicted octanol–water partition coefficient (Wildman–Crippen LogP) is 1.41. The van der Waals surface area contributed by atoms with Crippen molar-refractivity contribution in [2.24, 2.45) is 5.73 Å². The first-order valence-electron chi connectivity index (χ1n) is 9.73. The number of benzene rings is 1. The Morgan fingerprint density at radius 1 is 1.21 bits per heavy atom. The summed E-state index contributed by atoms with van der Waals surface area (Å²) in [4.78, 5) is 11.0. The van der Waals surface area contributed by atoms with Crippen molar-refractivity contribution in [1.29, 1.82) is 0 Å². The minimum Gasteiger partial charge on any atom is -0.394 e. The van der Waals surface area contributed by atoms with Gasteiger partial charge in [-0.1, -0.05) is 24.2 Å². The molecule has 0 bridgehead atoms. The van der Waals surface area contributed by atoms with Crippen LogP contribution in [0.25, 0.3) is 22.8 Å². The maximum atomic E-state index is 9.52. The molecule has 0 atom stereocenters. The van der Waals surface area contributed by atoms with Crippen molar-refractivity contribution in [3.63, 3.8) is 0 Å². The Balaban J connectivity index is 1.62. The highest BCUT2D eigenvalue weighted by Gasteiger charge is 2.31. The van der Waals surface area contributed by atoms with Crippen LogP contribution in [0, 0.1) is 0 Å². The van der Waals surface area contributed by atoms with Gasteiger partial charge in [0, 0.05) is 36.2 Å². The summed E-state index contributed by atoms with van der Waals surface area (Å²) in [6.07, 6.45) is 3.42. The van der Waals surface area contributed by atoms with Gasteiger partial charge >= 0.3 is 0 Å². The summed E-state index contributed by atoms with van der Waals surface area (Å²) < 4.78 is 5.48. The van der Waals surface area contributed by atoms with Crippen LogP contribution in [-0.4, -0.2) is 57.2 Å². The summed E-state index contributed by atoms with van der Waals surface area (Å²) in [5.74, 6) is 0.964. The molecule has 3 aromatic rings. The number of nitrogens with two attached hydrogens (primary N) is 1. The van der Waals surface area contributed by atoms with Crippen molar-refractivity contribution >= 4 is 5.69 Å². The Morgan fingerprint density at radius 3 is 2.72 bits per heavy atom. The van der Waals surface area contributed by atoms with E-state index in [2.05, 4.69) is 26.9 Å². The second-order valence-electron chi connectivity index (χ2n) is 7.47. The zero-order valence-electron chi connectivity index (χ0n) is 16.4. The number of hydrogen-bond acceptors (Lipinski definition) is 8. The van der Waals surface area contributed by atoms with E-state index < -0.39 is 5.54 Å². The lowest BCUT2D eigenvalue weighted by Crippen LogP contribution is -2.55. The highest BCUT2D eigenvalue weighted by Crippen LogP contribution is 2.36. The van der Waals surface area contributed by atoms with Gasteiger partial charge in [0.25, 0.3) is 5.89 Å². The number of rotatable bonds is 7. The summed E-state index contributed by atoms with van der Waals surface area (Å²) in [5.41, 5.74) is 9.87. The Morgan fingerprint density at radius 2 is 2.03 bits per heavy atom. The summed E-state index contributed by atoms with van der Waals surface area (Å²) >= 11 is 0. The van der Waals surface area contributed by atoms with Crippen LogP contribution in [0.4, 0.5) is 5.69 Å². The van der Waals surface area contributed by atoms with Gasteiger partial charge in [-0.05, 0) is 36.6 Å². The molecule has 2 aromatic heterocycles. The number of anilines is 1. The van der Waals surface area contributed by atoms with Gasteiger partial charge in [-0.3, -0.25) is 4.98 Å². The fourth-order valence-electron chi connectivity index (χ4n) is 3.61. The van der Waals surface area contributed by atoms with Gasteiger partial charge in [0.2, 0.25) is 5.82 Å². The first-order valence-corrected chi connectivity index (χ1v) is 9.73. The summed E-state index contributed by atoms with van der Waals surface area (Å²) in [7, 11) is 0. The molecule has 8 heteroatoms. The SMILES string of the molecule is CCc1ccc(-c2nc(-c3cccc4c3CCN4CC(N)(CO)CO)no2)cn1. The molecule has 1 aliphatic heterocycles. The molecule has 0 saturated heterocycles. The maximum Gasteiger partial charge on any atom is 0.259 e. The van der Waals surface area contributed by atoms with E-state index in [1.807, 2.05) is 30.3 Å². The van der Waals surface area contributed by atoms with Gasteiger partial charge in [0.15, 0.2) is 0 Å². The van der Waals surface area contributed by atoms with Gasteiger partial charge in [0.05, 0.1) is 24.3 Å². The van der Waals surface area contributed by atoms with E-state index in [1.54, 1.807) is 6.20 Å². The van der Waals surface area contributed by atoms with Crippen LogP contribution in [0.15, 0.2) is 41.1 Å². The molecule has 0 spiro atoms. The second-order valence-corrected chi connectivity index (χ2v) is 7.47. The van der Waals surface area contributed by atoms with E-state index in [9.17, 15) is 10.2 Å². The number of aliphatic hydroxyl groups is 2. The molecule has 0 radical (unpaired) electrons. The molecule has 4 N–H and O–H groups in total. The van der Waals surface area contributed by atoms with Gasteiger partial charge in [-0.15, -0.1) is 0 Å². The van der Waals surface area contributed by atoms with Crippen LogP contribution in [-0.2, 0) is 12.8 Å². The molecule has 8 nitrogen and oxygen atoms in total. The molecular weight excluding hydrogens is 370 g/mol. The highest BCUT2D eigenvalue weighted by molar-refractivity contribution is 5.73. The van der Waals surface area contributed by atoms with Crippen LogP contribution >= 0.6 is 0 Å². The summed E-state index contributed by atoms with van der Waals surface area (Å²) in [6, 6.07) is 9.82. The van der Waals surface area contributed by atoms with Crippen molar-refractivity contribution in [2.45, 2.75) is 25.3 Å². The normalized spacial score (nSPS) is 13.7. The number of fused-ring (bicyclic) bond motifs is 1. The average Bonchev–Trinajstić information content (AvgIpc) is 3.41. The van der Waals surface area contributed by atoms with E-state index in [0.29, 0.717) is 18.3 Å². The lowest BCUT2D eigenvalue weighted by atomic mass is 10.0. The highest BCUT2D eigenvalue weighted by atomic mass is 16.5. The monoisotopic (exact) mass is 395 g/mol. The van der Waals surface area contributed by atoms with Crippen molar-refractivity contribution in [1.82, 2.24) is 15.1 Å². The van der Waals surface area contributed by atoms with Crippen molar-refractivity contribution in [2.75, 3.05) is 31.2 Å². The van der Waals surface area contributed by atoms with Crippen LogP contribution < -0.4 is 10.6 Å². The predicted molar refractivity (Wildman–Crippen MR) is 109 cm³/mol. The van der Waals surface area contributed by atoms with Gasteiger partial charge in [0.1, 0.15) is 0 Å². The average molecular weight is 395 g/mol. The van der Waals surface area contributed by atoms with Gasteiger partial charge in [-0.2, -0.15) is 4.98 Å². The molecule has 4 rings (SSSR count). The molecule has 1 aliphatic rings. The molecule has 29 heavy (non-hydrogen) atoms. The third kappa shape index (κ3) is 3.74. The van der Waals surface area contributed by atoms with Gasteiger partial charge < -0.3 is 25.4 Å². The van der Waals surface area contributed by atoms with E-state index >= 15 is 0 Å². The number of nitrogens with zero attached hydrogens (tertiary/aromatic N) is 4. The quantitative estimate of drug-likeness (QED) is 0.549. The molecule has 0 saturated carbocycles. The zero-order valence-corrected chi connectivity index (χ0v) is 16.4. The minimum absolute atomic E-state index is 0.284. The first kappa shape index (κ1) is 19.5. The Hall–Kier alpha value is -2.81. The van der Waals surface area contributed by atoms with Crippen LogP contribution in [0.5, 0.6) is 0 Å². The molecule has 0 aliphatic carbocycles. The van der Waals surface area contributed by atoms with Crippen molar-refractivity contribution in [3.8, 4) is 22.8 Å². The molecule has 3 heterocycles. The zero-order chi connectivity index (χ0) is 20.4. The topological polar surface area (TPSA) is 122 Å². The molecule has 0 amide bonds. The van der Waals surface area contributed by atoms with Crippen LogP contribution in [0.1, 0.15) is 18.2 Å². The van der Waals surface area contributed by atoms with E-state index in [4.69, 9.17) is 10.3 Å². The van der Waals surface area contributed by atoms with Crippen LogP contribution in [0.2, 0.25) is 0 Å². The Labute approximate surface area is 169 Å². The molecule has 0 fully saturated rings. The maximum absolute atomic E-state index is 9.52. The Kier molecular flexibility index (Phi) is 5.31. The largest absolute Gasteiger partial charge is 0.394 e. The van der Waals surface area contributed by atoms with Gasteiger partial charge in [-0.25, -0.2) is 0 Å². The first-order chi connectivity index (χ1) is 14.1.